The van der Waals surface area contributed by atoms with E-state index in [0.717, 1.165) is 24.3 Å². The van der Waals surface area contributed by atoms with Gasteiger partial charge in [-0.25, -0.2) is 0 Å². The van der Waals surface area contributed by atoms with Crippen molar-refractivity contribution in [3.8, 4) is 17.2 Å². The van der Waals surface area contributed by atoms with Crippen molar-refractivity contribution < 1.29 is 9.26 Å². The normalized spacial score (nSPS) is 19.0. The lowest BCUT2D eigenvalue weighted by Crippen LogP contribution is -2.13. The predicted molar refractivity (Wildman–Crippen MR) is 68.6 cm³/mol. The van der Waals surface area contributed by atoms with Gasteiger partial charge in [0.15, 0.2) is 5.82 Å². The Morgan fingerprint density at radius 3 is 3.05 bits per heavy atom. The molecule has 1 fully saturated rings. The lowest BCUT2D eigenvalue weighted by Gasteiger charge is -2.02. The monoisotopic (exact) mass is 257 g/mol. The lowest BCUT2D eigenvalue weighted by atomic mass is 10.1. The quantitative estimate of drug-likeness (QED) is 0.911. The second kappa shape index (κ2) is 4.06. The summed E-state index contributed by atoms with van der Waals surface area (Å²) in [5, 5.41) is 4.00. The van der Waals surface area contributed by atoms with E-state index in [-0.39, 0.29) is 6.04 Å². The summed E-state index contributed by atoms with van der Waals surface area (Å²) in [6.07, 6.45) is 3.27. The van der Waals surface area contributed by atoms with Gasteiger partial charge in [-0.3, -0.25) is 0 Å². The lowest BCUT2D eigenvalue weighted by molar-refractivity contribution is 0.357. The maximum atomic E-state index is 6.08. The van der Waals surface area contributed by atoms with Crippen molar-refractivity contribution in [2.45, 2.75) is 25.3 Å². The third kappa shape index (κ3) is 1.90. The highest BCUT2D eigenvalue weighted by Crippen LogP contribution is 2.39. The second-order valence-electron chi connectivity index (χ2n) is 5.24. The summed E-state index contributed by atoms with van der Waals surface area (Å²) in [6.45, 7) is 0.750. The molecule has 0 saturated heterocycles. The molecule has 1 atom stereocenters. The minimum absolute atomic E-state index is 0.0877. The Bertz CT molecular complexity index is 619. The molecule has 2 N–H and O–H groups in total. The molecule has 5 heteroatoms. The highest BCUT2D eigenvalue weighted by atomic mass is 16.5. The number of fused-ring (bicyclic) bond motifs is 1. The molecule has 98 valence electrons. The standard InChI is InChI=1S/C14H15N3O2/c15-12(8-1-2-8)13-16-14(19-17-13)10-3-4-11-9(7-10)5-6-18-11/h3-4,7-8,12H,1-2,5-6,15H2. The van der Waals surface area contributed by atoms with Crippen LogP contribution in [0.4, 0.5) is 0 Å². The van der Waals surface area contributed by atoms with Crippen LogP contribution < -0.4 is 10.5 Å². The van der Waals surface area contributed by atoms with Gasteiger partial charge in [0.25, 0.3) is 5.89 Å². The minimum Gasteiger partial charge on any atom is -0.493 e. The summed E-state index contributed by atoms with van der Waals surface area (Å²) in [5.41, 5.74) is 8.21. The van der Waals surface area contributed by atoms with Gasteiger partial charge < -0.3 is 15.0 Å². The van der Waals surface area contributed by atoms with E-state index in [0.29, 0.717) is 17.6 Å². The summed E-state index contributed by atoms with van der Waals surface area (Å²) in [4.78, 5) is 4.42. The molecule has 5 nitrogen and oxygen atoms in total. The molecular weight excluding hydrogens is 242 g/mol. The van der Waals surface area contributed by atoms with Gasteiger partial charge in [0.1, 0.15) is 5.75 Å². The summed E-state index contributed by atoms with van der Waals surface area (Å²) in [7, 11) is 0. The van der Waals surface area contributed by atoms with Crippen LogP contribution in [0.25, 0.3) is 11.5 Å². The first-order valence-electron chi connectivity index (χ1n) is 6.66. The van der Waals surface area contributed by atoms with Crippen LogP contribution in [0.15, 0.2) is 22.7 Å². The zero-order valence-corrected chi connectivity index (χ0v) is 10.5. The molecule has 1 aromatic carbocycles. The summed E-state index contributed by atoms with van der Waals surface area (Å²) in [6, 6.07) is 5.88. The molecule has 2 heterocycles. The molecule has 0 spiro atoms. The fourth-order valence-corrected chi connectivity index (χ4v) is 2.47. The smallest absolute Gasteiger partial charge is 0.257 e. The van der Waals surface area contributed by atoms with Crippen LogP contribution in [0.3, 0.4) is 0 Å². The zero-order chi connectivity index (χ0) is 12.8. The van der Waals surface area contributed by atoms with Gasteiger partial charge in [-0.2, -0.15) is 4.98 Å². The Morgan fingerprint density at radius 1 is 1.32 bits per heavy atom. The van der Waals surface area contributed by atoms with Crippen LogP contribution >= 0.6 is 0 Å². The number of ether oxygens (including phenoxy) is 1. The van der Waals surface area contributed by atoms with E-state index in [1.807, 2.05) is 12.1 Å². The van der Waals surface area contributed by atoms with E-state index in [1.54, 1.807) is 0 Å². The minimum atomic E-state index is -0.0877. The van der Waals surface area contributed by atoms with E-state index in [9.17, 15) is 0 Å². The Morgan fingerprint density at radius 2 is 2.21 bits per heavy atom. The Hall–Kier alpha value is -1.88. The number of hydrogen-bond donors (Lipinski definition) is 1. The van der Waals surface area contributed by atoms with Crippen molar-refractivity contribution in [1.82, 2.24) is 10.1 Å². The average molecular weight is 257 g/mol. The number of nitrogens with zero attached hydrogens (tertiary/aromatic N) is 2. The summed E-state index contributed by atoms with van der Waals surface area (Å²) in [5.74, 6) is 2.65. The number of nitrogens with two attached hydrogens (primary N) is 1. The van der Waals surface area contributed by atoms with Crippen molar-refractivity contribution in [2.75, 3.05) is 6.61 Å². The van der Waals surface area contributed by atoms with Crippen LogP contribution in [-0.2, 0) is 6.42 Å². The average Bonchev–Trinajstić information content (AvgIpc) is 2.99. The number of hydrogen-bond acceptors (Lipinski definition) is 5. The Kier molecular flexibility index (Phi) is 2.35. The first kappa shape index (κ1) is 11.0. The van der Waals surface area contributed by atoms with E-state index < -0.39 is 0 Å². The Labute approximate surface area is 110 Å². The molecule has 4 rings (SSSR count). The highest BCUT2D eigenvalue weighted by Gasteiger charge is 2.32. The van der Waals surface area contributed by atoms with E-state index in [2.05, 4.69) is 16.2 Å². The van der Waals surface area contributed by atoms with Gasteiger partial charge in [0.05, 0.1) is 12.6 Å². The highest BCUT2D eigenvalue weighted by molar-refractivity contribution is 5.58. The van der Waals surface area contributed by atoms with Crippen molar-refractivity contribution in [3.05, 3.63) is 29.6 Å². The number of benzene rings is 1. The van der Waals surface area contributed by atoms with Crippen LogP contribution in [-0.4, -0.2) is 16.7 Å². The Balaban J connectivity index is 1.65. The maximum Gasteiger partial charge on any atom is 0.257 e. The summed E-state index contributed by atoms with van der Waals surface area (Å²) < 4.78 is 10.8. The molecule has 1 aromatic heterocycles. The first-order chi connectivity index (χ1) is 9.31. The third-order valence-corrected chi connectivity index (χ3v) is 3.81. The van der Waals surface area contributed by atoms with Gasteiger partial charge in [-0.05, 0) is 42.5 Å². The molecule has 0 radical (unpaired) electrons. The van der Waals surface area contributed by atoms with Crippen molar-refractivity contribution in [1.29, 1.82) is 0 Å². The van der Waals surface area contributed by atoms with Gasteiger partial charge in [-0.1, -0.05) is 5.16 Å². The van der Waals surface area contributed by atoms with E-state index >= 15 is 0 Å². The van der Waals surface area contributed by atoms with Crippen LogP contribution in [0.1, 0.15) is 30.3 Å². The van der Waals surface area contributed by atoms with Crippen LogP contribution in [0, 0.1) is 5.92 Å². The van der Waals surface area contributed by atoms with Gasteiger partial charge in [0.2, 0.25) is 0 Å². The van der Waals surface area contributed by atoms with E-state index in [4.69, 9.17) is 15.0 Å². The molecule has 2 aromatic rings. The maximum absolute atomic E-state index is 6.08. The SMILES string of the molecule is NC(c1noc(-c2ccc3c(c2)CCO3)n1)C1CC1. The van der Waals surface area contributed by atoms with Gasteiger partial charge >= 0.3 is 0 Å². The second-order valence-corrected chi connectivity index (χ2v) is 5.24. The molecule has 19 heavy (non-hydrogen) atoms. The van der Waals surface area contributed by atoms with Crippen molar-refractivity contribution >= 4 is 0 Å². The number of rotatable bonds is 3. The van der Waals surface area contributed by atoms with Gasteiger partial charge in [-0.15, -0.1) is 0 Å². The van der Waals surface area contributed by atoms with Crippen molar-refractivity contribution in [3.63, 3.8) is 0 Å². The molecule has 0 bridgehead atoms. The largest absolute Gasteiger partial charge is 0.493 e. The first-order valence-corrected chi connectivity index (χ1v) is 6.66. The fourth-order valence-electron chi connectivity index (χ4n) is 2.47. The molecule has 2 aliphatic rings. The van der Waals surface area contributed by atoms with E-state index in [1.165, 1.54) is 18.4 Å². The molecule has 1 aliphatic carbocycles. The topological polar surface area (TPSA) is 74.2 Å². The fraction of sp³-hybridized carbons (Fsp3) is 0.429. The molecule has 1 aliphatic heterocycles. The zero-order valence-electron chi connectivity index (χ0n) is 10.5. The van der Waals surface area contributed by atoms with Crippen LogP contribution in [0.5, 0.6) is 5.75 Å². The van der Waals surface area contributed by atoms with Crippen molar-refractivity contribution in [2.24, 2.45) is 11.7 Å². The van der Waals surface area contributed by atoms with Gasteiger partial charge in [0, 0.05) is 12.0 Å². The molecule has 1 saturated carbocycles. The number of aromatic nitrogens is 2. The predicted octanol–water partition coefficient (Wildman–Crippen LogP) is 2.08. The van der Waals surface area contributed by atoms with Crippen LogP contribution in [0.2, 0.25) is 0 Å². The molecular formula is C14H15N3O2. The molecule has 1 unspecified atom stereocenters. The third-order valence-electron chi connectivity index (χ3n) is 3.81. The summed E-state index contributed by atoms with van der Waals surface area (Å²) >= 11 is 0. The molecule has 0 amide bonds.